The summed E-state index contributed by atoms with van der Waals surface area (Å²) in [5.41, 5.74) is 0.960. The molecule has 2 atom stereocenters. The molecule has 0 bridgehead atoms. The summed E-state index contributed by atoms with van der Waals surface area (Å²) in [5, 5.41) is 13.7. The van der Waals surface area contributed by atoms with Gasteiger partial charge in [0.2, 0.25) is 0 Å². The maximum Gasteiger partial charge on any atom is 0.119 e. The average molecular weight is 302 g/mol. The molecule has 1 aromatic rings. The van der Waals surface area contributed by atoms with Crippen molar-refractivity contribution in [3.63, 3.8) is 0 Å². The molecule has 2 unspecified atom stereocenters. The van der Waals surface area contributed by atoms with E-state index in [1.54, 1.807) is 12.1 Å². The van der Waals surface area contributed by atoms with Crippen LogP contribution in [0.3, 0.4) is 0 Å². The molecule has 0 saturated heterocycles. The van der Waals surface area contributed by atoms with Crippen LogP contribution in [0.5, 0.6) is 5.75 Å². The molecule has 1 rings (SSSR count). The van der Waals surface area contributed by atoms with Crippen molar-refractivity contribution in [2.75, 3.05) is 26.3 Å². The predicted octanol–water partition coefficient (Wildman–Crippen LogP) is 2.40. The molecule has 20 heavy (non-hydrogen) atoms. The van der Waals surface area contributed by atoms with Crippen LogP contribution in [0.25, 0.3) is 0 Å². The Morgan fingerprint density at radius 2 is 2.10 bits per heavy atom. The molecule has 0 radical (unpaired) electrons. The predicted molar refractivity (Wildman–Crippen MR) is 81.6 cm³/mol. The molecule has 0 spiro atoms. The summed E-state index contributed by atoms with van der Waals surface area (Å²) >= 11 is 5.94. The molecule has 0 fully saturated rings. The van der Waals surface area contributed by atoms with Gasteiger partial charge in [-0.2, -0.15) is 0 Å². The molecule has 114 valence electrons. The minimum absolute atomic E-state index is 0.145. The second-order valence-electron chi connectivity index (χ2n) is 4.80. The molecule has 0 heterocycles. The van der Waals surface area contributed by atoms with Gasteiger partial charge in [0.05, 0.1) is 6.10 Å². The summed E-state index contributed by atoms with van der Waals surface area (Å²) in [6.45, 7) is 8.02. The third-order valence-corrected chi connectivity index (χ3v) is 3.26. The summed E-state index contributed by atoms with van der Waals surface area (Å²) in [6, 6.07) is 5.45. The molecule has 0 aliphatic heterocycles. The smallest absolute Gasteiger partial charge is 0.119 e. The van der Waals surface area contributed by atoms with Gasteiger partial charge in [0.1, 0.15) is 18.5 Å². The molecule has 0 aliphatic carbocycles. The van der Waals surface area contributed by atoms with Crippen molar-refractivity contribution >= 4 is 11.6 Å². The highest BCUT2D eigenvalue weighted by atomic mass is 35.5. The fourth-order valence-corrected chi connectivity index (χ4v) is 1.87. The molecule has 2 N–H and O–H groups in total. The monoisotopic (exact) mass is 301 g/mol. The second-order valence-corrected chi connectivity index (χ2v) is 5.21. The van der Waals surface area contributed by atoms with Crippen LogP contribution >= 0.6 is 11.6 Å². The summed E-state index contributed by atoms with van der Waals surface area (Å²) in [7, 11) is 0. The Kier molecular flexibility index (Phi) is 7.92. The quantitative estimate of drug-likeness (QED) is 0.735. The molecule has 0 aromatic heterocycles. The summed E-state index contributed by atoms with van der Waals surface area (Å²) in [4.78, 5) is 0. The SMILES string of the molecule is CCOC(C)CNCC(O)COc1ccc(Cl)c(C)c1. The van der Waals surface area contributed by atoms with Crippen LogP contribution in [-0.4, -0.2) is 43.6 Å². The lowest BCUT2D eigenvalue weighted by Gasteiger charge is -2.16. The van der Waals surface area contributed by atoms with Gasteiger partial charge >= 0.3 is 0 Å². The van der Waals surface area contributed by atoms with Crippen LogP contribution in [0.15, 0.2) is 18.2 Å². The van der Waals surface area contributed by atoms with Crippen LogP contribution in [0.4, 0.5) is 0 Å². The van der Waals surface area contributed by atoms with Crippen LogP contribution in [-0.2, 0) is 4.74 Å². The zero-order chi connectivity index (χ0) is 15.0. The van der Waals surface area contributed by atoms with E-state index in [1.807, 2.05) is 26.8 Å². The van der Waals surface area contributed by atoms with Gasteiger partial charge in [0.15, 0.2) is 0 Å². The fourth-order valence-electron chi connectivity index (χ4n) is 1.75. The lowest BCUT2D eigenvalue weighted by Crippen LogP contribution is -2.35. The summed E-state index contributed by atoms with van der Waals surface area (Å²) in [6.07, 6.45) is -0.410. The minimum Gasteiger partial charge on any atom is -0.491 e. The van der Waals surface area contributed by atoms with Gasteiger partial charge in [-0.1, -0.05) is 11.6 Å². The second kappa shape index (κ2) is 9.19. The first kappa shape index (κ1) is 17.2. The lowest BCUT2D eigenvalue weighted by atomic mass is 10.2. The van der Waals surface area contributed by atoms with Crippen LogP contribution in [0.1, 0.15) is 19.4 Å². The first-order valence-corrected chi connectivity index (χ1v) is 7.30. The van der Waals surface area contributed by atoms with E-state index in [2.05, 4.69) is 5.32 Å². The van der Waals surface area contributed by atoms with Crippen molar-refractivity contribution in [2.24, 2.45) is 0 Å². The molecule has 0 aliphatic rings. The summed E-state index contributed by atoms with van der Waals surface area (Å²) < 4.78 is 10.9. The van der Waals surface area contributed by atoms with E-state index in [0.717, 1.165) is 5.56 Å². The van der Waals surface area contributed by atoms with Crippen molar-refractivity contribution in [3.05, 3.63) is 28.8 Å². The van der Waals surface area contributed by atoms with Crippen molar-refractivity contribution < 1.29 is 14.6 Å². The average Bonchev–Trinajstić information content (AvgIpc) is 2.40. The van der Waals surface area contributed by atoms with E-state index in [1.165, 1.54) is 0 Å². The minimum atomic E-state index is -0.556. The first-order valence-electron chi connectivity index (χ1n) is 6.92. The normalized spacial score (nSPS) is 14.1. The number of aliphatic hydroxyl groups is 1. The number of aryl methyl sites for hydroxylation is 1. The summed E-state index contributed by atoms with van der Waals surface area (Å²) in [5.74, 6) is 0.716. The van der Waals surface area contributed by atoms with E-state index in [4.69, 9.17) is 21.1 Å². The van der Waals surface area contributed by atoms with Crippen LogP contribution in [0, 0.1) is 6.92 Å². The van der Waals surface area contributed by atoms with Crippen molar-refractivity contribution in [1.29, 1.82) is 0 Å². The van der Waals surface area contributed by atoms with Gasteiger partial charge in [-0.25, -0.2) is 0 Å². The zero-order valence-electron chi connectivity index (χ0n) is 12.4. The molecule has 4 nitrogen and oxygen atoms in total. The number of benzene rings is 1. The van der Waals surface area contributed by atoms with Crippen molar-refractivity contribution in [1.82, 2.24) is 5.32 Å². The van der Waals surface area contributed by atoms with Gasteiger partial charge in [0, 0.05) is 24.7 Å². The third kappa shape index (κ3) is 6.57. The third-order valence-electron chi connectivity index (χ3n) is 2.83. The Bertz CT molecular complexity index is 401. The lowest BCUT2D eigenvalue weighted by molar-refractivity contribution is 0.0671. The molecule has 0 amide bonds. The maximum absolute atomic E-state index is 9.82. The Morgan fingerprint density at radius 3 is 2.75 bits per heavy atom. The standard InChI is InChI=1S/C15H24ClNO3/c1-4-19-12(3)8-17-9-13(18)10-20-14-5-6-15(16)11(2)7-14/h5-7,12-13,17-18H,4,8-10H2,1-3H3. The van der Waals surface area contributed by atoms with Gasteiger partial charge < -0.3 is 19.9 Å². The van der Waals surface area contributed by atoms with Crippen LogP contribution < -0.4 is 10.1 Å². The Labute approximate surface area is 126 Å². The van der Waals surface area contributed by atoms with Gasteiger partial charge in [-0.3, -0.25) is 0 Å². The molecule has 5 heteroatoms. The fraction of sp³-hybridized carbons (Fsp3) is 0.600. The van der Waals surface area contributed by atoms with Gasteiger partial charge in [0.25, 0.3) is 0 Å². The number of ether oxygens (including phenoxy) is 2. The van der Waals surface area contributed by atoms with E-state index in [9.17, 15) is 5.11 Å². The van der Waals surface area contributed by atoms with E-state index >= 15 is 0 Å². The first-order chi connectivity index (χ1) is 9.52. The highest BCUT2D eigenvalue weighted by molar-refractivity contribution is 6.31. The van der Waals surface area contributed by atoms with E-state index in [-0.39, 0.29) is 12.7 Å². The molecule has 0 saturated carbocycles. The topological polar surface area (TPSA) is 50.7 Å². The Balaban J connectivity index is 2.22. The Morgan fingerprint density at radius 1 is 1.35 bits per heavy atom. The van der Waals surface area contributed by atoms with Crippen molar-refractivity contribution in [2.45, 2.75) is 33.0 Å². The van der Waals surface area contributed by atoms with E-state index in [0.29, 0.717) is 30.5 Å². The largest absolute Gasteiger partial charge is 0.491 e. The maximum atomic E-state index is 9.82. The highest BCUT2D eigenvalue weighted by Gasteiger charge is 2.07. The molecular formula is C15H24ClNO3. The molecular weight excluding hydrogens is 278 g/mol. The van der Waals surface area contributed by atoms with Crippen molar-refractivity contribution in [3.8, 4) is 5.75 Å². The van der Waals surface area contributed by atoms with E-state index < -0.39 is 6.10 Å². The number of hydrogen-bond acceptors (Lipinski definition) is 4. The van der Waals surface area contributed by atoms with Gasteiger partial charge in [-0.05, 0) is 44.5 Å². The number of rotatable bonds is 9. The Hall–Kier alpha value is -0.810. The highest BCUT2D eigenvalue weighted by Crippen LogP contribution is 2.20. The molecule has 1 aromatic carbocycles. The number of aliphatic hydroxyl groups excluding tert-OH is 1. The van der Waals surface area contributed by atoms with Crippen LogP contribution in [0.2, 0.25) is 5.02 Å². The number of halogens is 1. The zero-order valence-corrected chi connectivity index (χ0v) is 13.1. The number of nitrogens with one attached hydrogen (secondary N) is 1. The number of hydrogen-bond donors (Lipinski definition) is 2. The van der Waals surface area contributed by atoms with Gasteiger partial charge in [-0.15, -0.1) is 0 Å².